The summed E-state index contributed by atoms with van der Waals surface area (Å²) in [5, 5.41) is 10.7. The molecule has 0 aliphatic carbocycles. The van der Waals surface area contributed by atoms with Crippen LogP contribution in [0.15, 0.2) is 12.7 Å². The first-order valence-electron chi connectivity index (χ1n) is 3.96. The van der Waals surface area contributed by atoms with Crippen LogP contribution in [-0.4, -0.2) is 27.9 Å². The highest BCUT2D eigenvalue weighted by Crippen LogP contribution is 1.79. The average Bonchev–Trinajstić information content (AvgIpc) is 2.50. The number of nitrogens with one attached hydrogen (secondary N) is 1. The molecule has 1 rings (SSSR count). The van der Waals surface area contributed by atoms with Gasteiger partial charge in [0.05, 0.1) is 0 Å². The third-order valence-electron chi connectivity index (χ3n) is 1.44. The second-order valence-corrected chi connectivity index (χ2v) is 2.45. The molecule has 1 N–H and O–H groups in total. The van der Waals surface area contributed by atoms with E-state index in [1.54, 1.807) is 12.7 Å². The molecule has 1 aromatic rings. The molecule has 0 bridgehead atoms. The lowest BCUT2D eigenvalue weighted by atomic mass is 10.5. The summed E-state index contributed by atoms with van der Waals surface area (Å²) in [4.78, 5) is 0. The normalized spacial score (nSPS) is 10.3. The van der Waals surface area contributed by atoms with Crippen molar-refractivity contribution in [2.24, 2.45) is 0 Å². The number of hydrogen-bond acceptors (Lipinski definition) is 3. The van der Waals surface area contributed by atoms with E-state index in [2.05, 4.69) is 22.4 Å². The quantitative estimate of drug-likeness (QED) is 0.619. The molecule has 0 radical (unpaired) electrons. The van der Waals surface area contributed by atoms with Crippen molar-refractivity contribution < 1.29 is 0 Å². The van der Waals surface area contributed by atoms with E-state index in [0.29, 0.717) is 0 Å². The first-order valence-corrected chi connectivity index (χ1v) is 3.96. The summed E-state index contributed by atoms with van der Waals surface area (Å²) in [6.07, 6.45) is 4.64. The minimum atomic E-state index is 0.951. The lowest BCUT2D eigenvalue weighted by molar-refractivity contribution is 0.592. The number of rotatable bonds is 5. The van der Waals surface area contributed by atoms with Crippen LogP contribution in [-0.2, 0) is 6.54 Å². The van der Waals surface area contributed by atoms with Gasteiger partial charge in [-0.3, -0.25) is 0 Å². The van der Waals surface area contributed by atoms with E-state index in [4.69, 9.17) is 0 Å². The summed E-state index contributed by atoms with van der Waals surface area (Å²) in [5.41, 5.74) is 0. The van der Waals surface area contributed by atoms with Crippen LogP contribution in [0, 0.1) is 0 Å². The summed E-state index contributed by atoms with van der Waals surface area (Å²) in [6.45, 7) is 5.19. The van der Waals surface area contributed by atoms with E-state index in [9.17, 15) is 0 Å². The maximum Gasteiger partial charge on any atom is 0.119 e. The van der Waals surface area contributed by atoms with Gasteiger partial charge in [0.1, 0.15) is 12.7 Å². The van der Waals surface area contributed by atoms with Crippen molar-refractivity contribution in [2.75, 3.05) is 13.1 Å². The van der Waals surface area contributed by atoms with Gasteiger partial charge in [0.2, 0.25) is 0 Å². The third kappa shape index (κ3) is 3.13. The van der Waals surface area contributed by atoms with E-state index in [1.165, 1.54) is 6.42 Å². The van der Waals surface area contributed by atoms with Crippen LogP contribution in [0.2, 0.25) is 0 Å². The predicted octanol–water partition coefficient (Wildman–Crippen LogP) is 0.278. The van der Waals surface area contributed by atoms with Gasteiger partial charge in [0, 0.05) is 13.1 Å². The van der Waals surface area contributed by atoms with Crippen LogP contribution in [0.3, 0.4) is 0 Å². The van der Waals surface area contributed by atoms with Crippen molar-refractivity contribution in [3.05, 3.63) is 12.7 Å². The van der Waals surface area contributed by atoms with Crippen LogP contribution >= 0.6 is 0 Å². The zero-order valence-corrected chi connectivity index (χ0v) is 6.82. The minimum absolute atomic E-state index is 0.951. The van der Waals surface area contributed by atoms with Gasteiger partial charge in [-0.15, -0.1) is 10.2 Å². The molecule has 0 saturated carbocycles. The van der Waals surface area contributed by atoms with Gasteiger partial charge in [0.25, 0.3) is 0 Å². The number of aromatic nitrogens is 3. The Morgan fingerprint density at radius 1 is 1.27 bits per heavy atom. The zero-order chi connectivity index (χ0) is 7.94. The van der Waals surface area contributed by atoms with Gasteiger partial charge in [-0.2, -0.15) is 0 Å². The van der Waals surface area contributed by atoms with Crippen LogP contribution in [0.5, 0.6) is 0 Å². The molecule has 0 aromatic carbocycles. The highest BCUT2D eigenvalue weighted by atomic mass is 15.2. The van der Waals surface area contributed by atoms with Crippen LogP contribution in [0.1, 0.15) is 13.3 Å². The fourth-order valence-electron chi connectivity index (χ4n) is 0.848. The minimum Gasteiger partial charge on any atom is -0.319 e. The number of nitrogens with zero attached hydrogens (tertiary/aromatic N) is 3. The van der Waals surface area contributed by atoms with Crippen molar-refractivity contribution in [1.29, 1.82) is 0 Å². The Morgan fingerprint density at radius 2 is 2.00 bits per heavy atom. The molecule has 0 unspecified atom stereocenters. The Kier molecular flexibility index (Phi) is 3.61. The van der Waals surface area contributed by atoms with Gasteiger partial charge in [0.15, 0.2) is 0 Å². The molecule has 62 valence electrons. The lowest BCUT2D eigenvalue weighted by Gasteiger charge is -2.01. The first kappa shape index (κ1) is 8.20. The molecule has 4 nitrogen and oxygen atoms in total. The van der Waals surface area contributed by atoms with E-state index >= 15 is 0 Å². The summed E-state index contributed by atoms with van der Waals surface area (Å²) in [6, 6.07) is 0. The summed E-state index contributed by atoms with van der Waals surface area (Å²) < 4.78 is 1.96. The maximum absolute atomic E-state index is 3.71. The maximum atomic E-state index is 3.71. The number of hydrogen-bond donors (Lipinski definition) is 1. The Hall–Kier alpha value is -0.900. The van der Waals surface area contributed by atoms with Crippen molar-refractivity contribution in [3.63, 3.8) is 0 Å². The third-order valence-corrected chi connectivity index (χ3v) is 1.44. The van der Waals surface area contributed by atoms with Gasteiger partial charge in [-0.25, -0.2) is 0 Å². The monoisotopic (exact) mass is 154 g/mol. The second kappa shape index (κ2) is 4.85. The van der Waals surface area contributed by atoms with Crippen LogP contribution < -0.4 is 5.32 Å². The molecule has 4 heteroatoms. The lowest BCUT2D eigenvalue weighted by Crippen LogP contribution is -2.19. The van der Waals surface area contributed by atoms with Crippen LogP contribution in [0.25, 0.3) is 0 Å². The fourth-order valence-corrected chi connectivity index (χ4v) is 0.848. The molecule has 0 amide bonds. The van der Waals surface area contributed by atoms with E-state index in [-0.39, 0.29) is 0 Å². The second-order valence-electron chi connectivity index (χ2n) is 2.45. The van der Waals surface area contributed by atoms with Crippen molar-refractivity contribution in [2.45, 2.75) is 19.9 Å². The summed E-state index contributed by atoms with van der Waals surface area (Å²) in [7, 11) is 0. The Bertz CT molecular complexity index is 171. The highest BCUT2D eigenvalue weighted by molar-refractivity contribution is 4.60. The molecule has 11 heavy (non-hydrogen) atoms. The zero-order valence-electron chi connectivity index (χ0n) is 6.82. The molecule has 0 fully saturated rings. The van der Waals surface area contributed by atoms with Crippen molar-refractivity contribution >= 4 is 0 Å². The highest BCUT2D eigenvalue weighted by Gasteiger charge is 1.88. The standard InChI is InChI=1S/C7H14N4/c1-2-3-8-4-5-11-6-9-10-7-11/h6-8H,2-5H2,1H3. The van der Waals surface area contributed by atoms with Crippen LogP contribution in [0.4, 0.5) is 0 Å². The molecule has 0 aliphatic heterocycles. The largest absolute Gasteiger partial charge is 0.319 e. The molecule has 0 atom stereocenters. The Morgan fingerprint density at radius 3 is 2.64 bits per heavy atom. The molecule has 1 heterocycles. The molecular formula is C7H14N4. The van der Waals surface area contributed by atoms with Gasteiger partial charge < -0.3 is 9.88 Å². The summed E-state index contributed by atoms with van der Waals surface area (Å²) in [5.74, 6) is 0. The van der Waals surface area contributed by atoms with E-state index in [0.717, 1.165) is 19.6 Å². The average molecular weight is 154 g/mol. The fraction of sp³-hybridized carbons (Fsp3) is 0.714. The summed E-state index contributed by atoms with van der Waals surface area (Å²) >= 11 is 0. The molecule has 0 aliphatic rings. The van der Waals surface area contributed by atoms with Gasteiger partial charge >= 0.3 is 0 Å². The smallest absolute Gasteiger partial charge is 0.119 e. The SMILES string of the molecule is CCCNCCn1cnnc1. The predicted molar refractivity (Wildman–Crippen MR) is 43.2 cm³/mol. The Labute approximate surface area is 66.6 Å². The molecule has 0 spiro atoms. The van der Waals surface area contributed by atoms with Crippen molar-refractivity contribution in [3.8, 4) is 0 Å². The molecule has 0 saturated heterocycles. The molecular weight excluding hydrogens is 140 g/mol. The van der Waals surface area contributed by atoms with E-state index < -0.39 is 0 Å². The molecule has 1 aromatic heterocycles. The Balaban J connectivity index is 2.04. The van der Waals surface area contributed by atoms with E-state index in [1.807, 2.05) is 4.57 Å². The van der Waals surface area contributed by atoms with Crippen molar-refractivity contribution in [1.82, 2.24) is 20.1 Å². The topological polar surface area (TPSA) is 42.7 Å². The van der Waals surface area contributed by atoms with Gasteiger partial charge in [-0.05, 0) is 13.0 Å². The van der Waals surface area contributed by atoms with Gasteiger partial charge in [-0.1, -0.05) is 6.92 Å². The first-order chi connectivity index (χ1) is 5.43.